The monoisotopic (exact) mass is 221 g/mol. The third-order valence-corrected chi connectivity index (χ3v) is 3.55. The molecule has 1 heterocycles. The second-order valence-corrected chi connectivity index (χ2v) is 4.99. The Kier molecular flexibility index (Phi) is 3.32. The van der Waals surface area contributed by atoms with Crippen LogP contribution in [0.1, 0.15) is 43.1 Å². The number of rotatable bonds is 3. The van der Waals surface area contributed by atoms with Gasteiger partial charge >= 0.3 is 5.97 Å². The molecule has 1 aromatic heterocycles. The zero-order chi connectivity index (χ0) is 11.5. The topological polar surface area (TPSA) is 42.2 Å². The van der Waals surface area contributed by atoms with Crippen LogP contribution >= 0.6 is 0 Å². The van der Waals surface area contributed by atoms with Crippen molar-refractivity contribution in [3.63, 3.8) is 0 Å². The van der Waals surface area contributed by atoms with Gasteiger partial charge in [-0.1, -0.05) is 19.8 Å². The van der Waals surface area contributed by atoms with Crippen molar-refractivity contribution in [1.82, 2.24) is 4.57 Å². The van der Waals surface area contributed by atoms with Gasteiger partial charge in [0.1, 0.15) is 5.69 Å². The molecule has 16 heavy (non-hydrogen) atoms. The van der Waals surface area contributed by atoms with E-state index in [0.29, 0.717) is 11.6 Å². The molecule has 2 unspecified atom stereocenters. The van der Waals surface area contributed by atoms with Crippen molar-refractivity contribution in [2.45, 2.75) is 39.2 Å². The van der Waals surface area contributed by atoms with Crippen LogP contribution < -0.4 is 0 Å². The molecule has 1 fully saturated rings. The Labute approximate surface area is 96.1 Å². The first-order valence-electron chi connectivity index (χ1n) is 6.05. The first kappa shape index (κ1) is 11.2. The van der Waals surface area contributed by atoms with E-state index in [9.17, 15) is 4.79 Å². The lowest BCUT2D eigenvalue weighted by Crippen LogP contribution is -2.20. The van der Waals surface area contributed by atoms with Crippen LogP contribution in [-0.2, 0) is 6.54 Å². The molecule has 0 radical (unpaired) electrons. The van der Waals surface area contributed by atoms with Gasteiger partial charge in [0.05, 0.1) is 0 Å². The van der Waals surface area contributed by atoms with E-state index in [0.717, 1.165) is 12.5 Å². The number of carboxylic acid groups (broad SMARTS) is 1. The van der Waals surface area contributed by atoms with Gasteiger partial charge in [-0.25, -0.2) is 4.79 Å². The first-order valence-corrected chi connectivity index (χ1v) is 6.05. The molecule has 3 nitrogen and oxygen atoms in total. The number of nitrogens with zero attached hydrogens (tertiary/aromatic N) is 1. The molecule has 2 atom stereocenters. The SMILES string of the molecule is CC1CCCC(Cn2cccc2C(=O)O)C1. The third-order valence-electron chi connectivity index (χ3n) is 3.55. The van der Waals surface area contributed by atoms with Gasteiger partial charge in [0.15, 0.2) is 0 Å². The Hall–Kier alpha value is -1.25. The van der Waals surface area contributed by atoms with Gasteiger partial charge in [0, 0.05) is 12.7 Å². The van der Waals surface area contributed by atoms with Gasteiger partial charge in [0.2, 0.25) is 0 Å². The van der Waals surface area contributed by atoms with Crippen molar-refractivity contribution in [2.75, 3.05) is 0 Å². The van der Waals surface area contributed by atoms with E-state index < -0.39 is 5.97 Å². The molecule has 0 spiro atoms. The Morgan fingerprint density at radius 3 is 3.06 bits per heavy atom. The predicted molar refractivity (Wildman–Crippen MR) is 62.5 cm³/mol. The Morgan fingerprint density at radius 1 is 1.56 bits per heavy atom. The highest BCUT2D eigenvalue weighted by atomic mass is 16.4. The fourth-order valence-electron chi connectivity index (χ4n) is 2.77. The number of aromatic nitrogens is 1. The highest BCUT2D eigenvalue weighted by Crippen LogP contribution is 2.29. The van der Waals surface area contributed by atoms with Crippen molar-refractivity contribution >= 4 is 5.97 Å². The molecule has 1 N–H and O–H groups in total. The quantitative estimate of drug-likeness (QED) is 0.852. The summed E-state index contributed by atoms with van der Waals surface area (Å²) < 4.78 is 1.88. The Bertz CT molecular complexity index is 370. The maximum Gasteiger partial charge on any atom is 0.352 e. The fraction of sp³-hybridized carbons (Fsp3) is 0.615. The summed E-state index contributed by atoms with van der Waals surface area (Å²) in [7, 11) is 0. The zero-order valence-electron chi connectivity index (χ0n) is 9.72. The molecule has 0 saturated heterocycles. The molecule has 1 aromatic rings. The summed E-state index contributed by atoms with van der Waals surface area (Å²) in [5, 5.41) is 9.02. The van der Waals surface area contributed by atoms with E-state index >= 15 is 0 Å². The van der Waals surface area contributed by atoms with Crippen molar-refractivity contribution in [3.8, 4) is 0 Å². The molecular formula is C13H19NO2. The summed E-state index contributed by atoms with van der Waals surface area (Å²) in [5.41, 5.74) is 0.415. The minimum Gasteiger partial charge on any atom is -0.477 e. The van der Waals surface area contributed by atoms with E-state index in [4.69, 9.17) is 5.11 Å². The molecule has 88 valence electrons. The zero-order valence-corrected chi connectivity index (χ0v) is 9.72. The molecule has 0 bridgehead atoms. The van der Waals surface area contributed by atoms with Crippen molar-refractivity contribution in [2.24, 2.45) is 11.8 Å². The van der Waals surface area contributed by atoms with Gasteiger partial charge in [-0.05, 0) is 36.8 Å². The fourth-order valence-corrected chi connectivity index (χ4v) is 2.77. The number of aromatic carboxylic acids is 1. The van der Waals surface area contributed by atoms with Crippen LogP contribution in [0.15, 0.2) is 18.3 Å². The normalized spacial score (nSPS) is 25.6. The predicted octanol–water partition coefficient (Wildman–Crippen LogP) is 3.01. The van der Waals surface area contributed by atoms with Crippen LogP contribution in [0, 0.1) is 11.8 Å². The van der Waals surface area contributed by atoms with Crippen molar-refractivity contribution in [3.05, 3.63) is 24.0 Å². The summed E-state index contributed by atoms with van der Waals surface area (Å²) in [4.78, 5) is 11.0. The summed E-state index contributed by atoms with van der Waals surface area (Å²) in [5.74, 6) is 0.616. The molecule has 0 amide bonds. The van der Waals surface area contributed by atoms with Crippen LogP contribution in [-0.4, -0.2) is 15.6 Å². The van der Waals surface area contributed by atoms with Crippen LogP contribution in [0.5, 0.6) is 0 Å². The molecule has 1 aliphatic carbocycles. The van der Waals surface area contributed by atoms with Crippen LogP contribution in [0.2, 0.25) is 0 Å². The lowest BCUT2D eigenvalue weighted by Gasteiger charge is -2.27. The first-order chi connectivity index (χ1) is 7.66. The largest absolute Gasteiger partial charge is 0.477 e. The second-order valence-electron chi connectivity index (χ2n) is 4.99. The van der Waals surface area contributed by atoms with Crippen LogP contribution in [0.25, 0.3) is 0 Å². The molecule has 0 aromatic carbocycles. The van der Waals surface area contributed by atoms with Gasteiger partial charge in [-0.3, -0.25) is 0 Å². The average molecular weight is 221 g/mol. The minimum atomic E-state index is -0.825. The summed E-state index contributed by atoms with van der Waals surface area (Å²) in [6, 6.07) is 3.49. The Balaban J connectivity index is 2.02. The van der Waals surface area contributed by atoms with Crippen LogP contribution in [0.3, 0.4) is 0 Å². The van der Waals surface area contributed by atoms with E-state index in [-0.39, 0.29) is 0 Å². The van der Waals surface area contributed by atoms with E-state index in [1.807, 2.05) is 16.8 Å². The summed E-state index contributed by atoms with van der Waals surface area (Å²) in [6.07, 6.45) is 6.96. The minimum absolute atomic E-state index is 0.415. The lowest BCUT2D eigenvalue weighted by molar-refractivity contribution is 0.0683. The third kappa shape index (κ3) is 2.46. The molecule has 3 heteroatoms. The molecule has 2 rings (SSSR count). The maximum atomic E-state index is 11.0. The lowest BCUT2D eigenvalue weighted by atomic mass is 9.82. The van der Waals surface area contributed by atoms with Gasteiger partial charge in [-0.2, -0.15) is 0 Å². The molecule has 1 saturated carbocycles. The number of carboxylic acids is 1. The average Bonchev–Trinajstić information content (AvgIpc) is 2.66. The standard InChI is InChI=1S/C13H19NO2/c1-10-4-2-5-11(8-10)9-14-7-3-6-12(14)13(15)16/h3,6-7,10-11H,2,4-5,8-9H2,1H3,(H,15,16). The van der Waals surface area contributed by atoms with Gasteiger partial charge < -0.3 is 9.67 Å². The second kappa shape index (κ2) is 4.73. The maximum absolute atomic E-state index is 11.0. The smallest absolute Gasteiger partial charge is 0.352 e. The molecule has 1 aliphatic rings. The van der Waals surface area contributed by atoms with Crippen molar-refractivity contribution in [1.29, 1.82) is 0 Å². The number of hydrogen-bond donors (Lipinski definition) is 1. The molecular weight excluding hydrogens is 202 g/mol. The van der Waals surface area contributed by atoms with E-state index in [1.54, 1.807) is 6.07 Å². The number of hydrogen-bond acceptors (Lipinski definition) is 1. The Morgan fingerprint density at radius 2 is 2.38 bits per heavy atom. The van der Waals surface area contributed by atoms with E-state index in [2.05, 4.69) is 6.92 Å². The summed E-state index contributed by atoms with van der Waals surface area (Å²) in [6.45, 7) is 3.15. The summed E-state index contributed by atoms with van der Waals surface area (Å²) >= 11 is 0. The highest BCUT2D eigenvalue weighted by molar-refractivity contribution is 5.85. The van der Waals surface area contributed by atoms with Crippen LogP contribution in [0.4, 0.5) is 0 Å². The van der Waals surface area contributed by atoms with Gasteiger partial charge in [0.25, 0.3) is 0 Å². The highest BCUT2D eigenvalue weighted by Gasteiger charge is 2.20. The van der Waals surface area contributed by atoms with Crippen molar-refractivity contribution < 1.29 is 9.90 Å². The number of carbonyl (C=O) groups is 1. The molecule has 0 aliphatic heterocycles. The van der Waals surface area contributed by atoms with Gasteiger partial charge in [-0.15, -0.1) is 0 Å². The van der Waals surface area contributed by atoms with E-state index in [1.165, 1.54) is 25.7 Å².